The number of thiophene rings is 1. The van der Waals surface area contributed by atoms with Crippen molar-refractivity contribution in [3.63, 3.8) is 0 Å². The number of Topliss-reactive ketones (excluding diaryl/α,β-unsaturated/α-hetero) is 1. The third kappa shape index (κ3) is 3.26. The van der Waals surface area contributed by atoms with Crippen LogP contribution < -0.4 is 9.47 Å². The normalized spacial score (nSPS) is 10.2. The van der Waals surface area contributed by atoms with Crippen LogP contribution in [0.1, 0.15) is 27.0 Å². The standard InChI is InChI=1S/C14H11BrO4S/c1-8(16)9-3-4-10(11(7-9)18-2)19-14(17)12-5-6-13(15)20-12/h3-7H,1-2H3. The molecule has 0 radical (unpaired) electrons. The smallest absolute Gasteiger partial charge is 0.353 e. The molecule has 0 N–H and O–H groups in total. The summed E-state index contributed by atoms with van der Waals surface area (Å²) in [5, 5.41) is 0. The largest absolute Gasteiger partial charge is 0.493 e. The van der Waals surface area contributed by atoms with Gasteiger partial charge in [-0.2, -0.15) is 0 Å². The number of hydrogen-bond donors (Lipinski definition) is 0. The van der Waals surface area contributed by atoms with Gasteiger partial charge in [-0.15, -0.1) is 11.3 Å². The summed E-state index contributed by atoms with van der Waals surface area (Å²) in [5.41, 5.74) is 0.500. The Morgan fingerprint density at radius 3 is 2.45 bits per heavy atom. The molecule has 0 aliphatic rings. The summed E-state index contributed by atoms with van der Waals surface area (Å²) < 4.78 is 11.3. The van der Waals surface area contributed by atoms with Crippen molar-refractivity contribution in [2.45, 2.75) is 6.92 Å². The highest BCUT2D eigenvalue weighted by Gasteiger charge is 2.15. The van der Waals surface area contributed by atoms with Crippen LogP contribution in [0.5, 0.6) is 11.5 Å². The lowest BCUT2D eigenvalue weighted by Gasteiger charge is -2.09. The lowest BCUT2D eigenvalue weighted by atomic mass is 10.1. The molecule has 1 aromatic carbocycles. The van der Waals surface area contributed by atoms with E-state index in [4.69, 9.17) is 9.47 Å². The van der Waals surface area contributed by atoms with Gasteiger partial charge in [0.2, 0.25) is 0 Å². The Morgan fingerprint density at radius 2 is 1.90 bits per heavy atom. The minimum atomic E-state index is -0.463. The Kier molecular flexibility index (Phi) is 4.57. The van der Waals surface area contributed by atoms with Crippen molar-refractivity contribution < 1.29 is 19.1 Å². The highest BCUT2D eigenvalue weighted by molar-refractivity contribution is 9.11. The number of rotatable bonds is 4. The molecule has 0 bridgehead atoms. The predicted molar refractivity (Wildman–Crippen MR) is 80.0 cm³/mol. The van der Waals surface area contributed by atoms with Crippen LogP contribution in [0.15, 0.2) is 34.1 Å². The molecule has 2 aromatic rings. The zero-order valence-corrected chi connectivity index (χ0v) is 13.2. The van der Waals surface area contributed by atoms with Crippen molar-refractivity contribution >= 4 is 39.0 Å². The molecule has 6 heteroatoms. The van der Waals surface area contributed by atoms with Crippen LogP contribution >= 0.6 is 27.3 Å². The Labute approximate surface area is 128 Å². The van der Waals surface area contributed by atoms with Crippen LogP contribution in [-0.2, 0) is 0 Å². The van der Waals surface area contributed by atoms with E-state index in [1.165, 1.54) is 25.4 Å². The molecule has 0 saturated carbocycles. The molecule has 0 aliphatic heterocycles. The monoisotopic (exact) mass is 354 g/mol. The summed E-state index contributed by atoms with van der Waals surface area (Å²) >= 11 is 4.57. The summed E-state index contributed by atoms with van der Waals surface area (Å²) in [6, 6.07) is 8.15. The van der Waals surface area contributed by atoms with E-state index >= 15 is 0 Å². The second kappa shape index (κ2) is 6.19. The minimum absolute atomic E-state index is 0.0802. The molecule has 1 aromatic heterocycles. The van der Waals surface area contributed by atoms with Gasteiger partial charge in [0.05, 0.1) is 10.9 Å². The lowest BCUT2D eigenvalue weighted by Crippen LogP contribution is -2.07. The van der Waals surface area contributed by atoms with Gasteiger partial charge in [0, 0.05) is 5.56 Å². The van der Waals surface area contributed by atoms with Gasteiger partial charge in [-0.3, -0.25) is 4.79 Å². The van der Waals surface area contributed by atoms with Crippen LogP contribution in [0.2, 0.25) is 0 Å². The lowest BCUT2D eigenvalue weighted by molar-refractivity contribution is 0.0735. The highest BCUT2D eigenvalue weighted by atomic mass is 79.9. The van der Waals surface area contributed by atoms with Crippen molar-refractivity contribution in [2.75, 3.05) is 7.11 Å². The molecule has 20 heavy (non-hydrogen) atoms. The van der Waals surface area contributed by atoms with Crippen molar-refractivity contribution in [3.05, 3.63) is 44.6 Å². The van der Waals surface area contributed by atoms with E-state index in [0.717, 1.165) is 3.79 Å². The number of halogens is 1. The van der Waals surface area contributed by atoms with Gasteiger partial charge in [0.25, 0.3) is 0 Å². The first kappa shape index (κ1) is 14.7. The van der Waals surface area contributed by atoms with Crippen molar-refractivity contribution in [2.24, 2.45) is 0 Å². The predicted octanol–water partition coefficient (Wildman–Crippen LogP) is 3.94. The van der Waals surface area contributed by atoms with Crippen molar-refractivity contribution in [1.82, 2.24) is 0 Å². The van der Waals surface area contributed by atoms with E-state index in [1.54, 1.807) is 30.3 Å². The number of ketones is 1. The maximum atomic E-state index is 12.0. The van der Waals surface area contributed by atoms with Gasteiger partial charge in [0.1, 0.15) is 4.88 Å². The summed E-state index contributed by atoms with van der Waals surface area (Å²) in [5.74, 6) is 0.0895. The van der Waals surface area contributed by atoms with Gasteiger partial charge in [-0.25, -0.2) is 4.79 Å². The summed E-state index contributed by atoms with van der Waals surface area (Å²) in [6.45, 7) is 1.46. The number of hydrogen-bond acceptors (Lipinski definition) is 5. The summed E-state index contributed by atoms with van der Waals surface area (Å²) in [7, 11) is 1.46. The van der Waals surface area contributed by atoms with Crippen molar-refractivity contribution in [1.29, 1.82) is 0 Å². The van der Waals surface area contributed by atoms with E-state index in [2.05, 4.69) is 15.9 Å². The number of carbonyl (C=O) groups excluding carboxylic acids is 2. The highest BCUT2D eigenvalue weighted by Crippen LogP contribution is 2.30. The van der Waals surface area contributed by atoms with Gasteiger partial charge in [-0.05, 0) is 53.2 Å². The fourth-order valence-corrected chi connectivity index (χ4v) is 2.81. The number of methoxy groups -OCH3 is 1. The Bertz CT molecular complexity index is 663. The van der Waals surface area contributed by atoms with Gasteiger partial charge < -0.3 is 9.47 Å². The fraction of sp³-hybridized carbons (Fsp3) is 0.143. The number of benzene rings is 1. The van der Waals surface area contributed by atoms with Crippen LogP contribution in [0.4, 0.5) is 0 Å². The van der Waals surface area contributed by atoms with E-state index in [9.17, 15) is 9.59 Å². The third-order valence-electron chi connectivity index (χ3n) is 2.55. The van der Waals surface area contributed by atoms with E-state index in [1.807, 2.05) is 0 Å². The molecule has 4 nitrogen and oxygen atoms in total. The van der Waals surface area contributed by atoms with Gasteiger partial charge >= 0.3 is 5.97 Å². The zero-order valence-electron chi connectivity index (χ0n) is 10.8. The molecular formula is C14H11BrO4S. The van der Waals surface area contributed by atoms with E-state index in [-0.39, 0.29) is 11.5 Å². The Morgan fingerprint density at radius 1 is 1.15 bits per heavy atom. The molecule has 1 heterocycles. The second-order valence-electron chi connectivity index (χ2n) is 3.92. The zero-order chi connectivity index (χ0) is 14.7. The first-order valence-corrected chi connectivity index (χ1v) is 7.28. The molecule has 104 valence electrons. The molecule has 2 rings (SSSR count). The van der Waals surface area contributed by atoms with Gasteiger partial charge in [-0.1, -0.05) is 0 Å². The third-order valence-corrected chi connectivity index (χ3v) is 4.15. The molecule has 0 fully saturated rings. The van der Waals surface area contributed by atoms with Gasteiger partial charge in [0.15, 0.2) is 17.3 Å². The minimum Gasteiger partial charge on any atom is -0.493 e. The van der Waals surface area contributed by atoms with E-state index in [0.29, 0.717) is 16.2 Å². The average molecular weight is 355 g/mol. The van der Waals surface area contributed by atoms with Crippen LogP contribution in [0, 0.1) is 0 Å². The molecule has 0 saturated heterocycles. The van der Waals surface area contributed by atoms with Crippen LogP contribution in [0.3, 0.4) is 0 Å². The number of carbonyl (C=O) groups is 2. The molecule has 0 atom stereocenters. The summed E-state index contributed by atoms with van der Waals surface area (Å²) in [6.07, 6.45) is 0. The average Bonchev–Trinajstić information content (AvgIpc) is 2.85. The molecule has 0 spiro atoms. The van der Waals surface area contributed by atoms with Crippen LogP contribution in [-0.4, -0.2) is 18.9 Å². The summed E-state index contributed by atoms with van der Waals surface area (Å²) in [4.78, 5) is 23.7. The topological polar surface area (TPSA) is 52.6 Å². The Balaban J connectivity index is 2.25. The fourth-order valence-electron chi connectivity index (χ4n) is 1.55. The molecule has 0 amide bonds. The first-order chi connectivity index (χ1) is 9.51. The second-order valence-corrected chi connectivity index (χ2v) is 6.38. The molecule has 0 unspecified atom stereocenters. The maximum Gasteiger partial charge on any atom is 0.353 e. The molecule has 0 aliphatic carbocycles. The number of esters is 1. The quantitative estimate of drug-likeness (QED) is 0.474. The van der Waals surface area contributed by atoms with Crippen LogP contribution in [0.25, 0.3) is 0 Å². The SMILES string of the molecule is COc1cc(C(C)=O)ccc1OC(=O)c1ccc(Br)s1. The van der Waals surface area contributed by atoms with E-state index < -0.39 is 5.97 Å². The van der Waals surface area contributed by atoms with Crippen molar-refractivity contribution in [3.8, 4) is 11.5 Å². The Hall–Kier alpha value is -1.66. The maximum absolute atomic E-state index is 12.0. The number of ether oxygens (including phenoxy) is 2. The molecular weight excluding hydrogens is 344 g/mol. The first-order valence-electron chi connectivity index (χ1n) is 5.67.